The highest BCUT2D eigenvalue weighted by Gasteiger charge is 2.34. The van der Waals surface area contributed by atoms with Gasteiger partial charge in [-0.3, -0.25) is 24.7 Å². The molecule has 292 valence electrons. The molecule has 3 aromatic carbocycles. The van der Waals surface area contributed by atoms with E-state index in [-0.39, 0.29) is 16.7 Å². The van der Waals surface area contributed by atoms with Crippen molar-refractivity contribution in [3.8, 4) is 11.5 Å². The summed E-state index contributed by atoms with van der Waals surface area (Å²) in [4.78, 5) is 18.9. The van der Waals surface area contributed by atoms with Crippen LogP contribution >= 0.6 is 11.6 Å². The number of ether oxygens (including phenoxy) is 2. The first-order valence-corrected chi connectivity index (χ1v) is 20.3. The van der Waals surface area contributed by atoms with E-state index >= 15 is 0 Å². The lowest BCUT2D eigenvalue weighted by Gasteiger charge is -2.38. The van der Waals surface area contributed by atoms with Crippen molar-refractivity contribution in [3.05, 3.63) is 121 Å². The highest BCUT2D eigenvalue weighted by atomic mass is 35.5. The standard InChI is InChI=1S/C44H50ClN7O4/c1-28-19-29-21-32(20-28)42-39(22-29)47-38-25-33(45)12-13-36(38)43(42)46-15-18-51-27-34(48-49-51)10-6-4-5-7-16-50-17-14-30-24-40(55-2)41(56-3)26-37(30)44(50)31-9-8-11-35(23-31)52(53)54/h8-9,11-13,19,23-27,29,32,44H,4-7,10,14-18,20-22H2,1-3H3,(H,46,47). The van der Waals surface area contributed by atoms with Crippen molar-refractivity contribution < 1.29 is 14.4 Å². The molecule has 0 amide bonds. The Kier molecular flexibility index (Phi) is 11.2. The number of hydrogen-bond acceptors (Lipinski definition) is 9. The van der Waals surface area contributed by atoms with Crippen molar-refractivity contribution in [3.63, 3.8) is 0 Å². The van der Waals surface area contributed by atoms with E-state index in [1.807, 2.05) is 28.9 Å². The lowest BCUT2D eigenvalue weighted by atomic mass is 9.71. The van der Waals surface area contributed by atoms with Crippen LogP contribution in [-0.4, -0.2) is 63.7 Å². The monoisotopic (exact) mass is 775 g/mol. The average Bonchev–Trinajstić information content (AvgIpc) is 3.65. The number of benzene rings is 3. The van der Waals surface area contributed by atoms with Crippen LogP contribution in [0.5, 0.6) is 11.5 Å². The number of allylic oxidation sites excluding steroid dienone is 2. The van der Waals surface area contributed by atoms with Crippen molar-refractivity contribution in [2.45, 2.75) is 83.2 Å². The first-order chi connectivity index (χ1) is 27.3. The lowest BCUT2D eigenvalue weighted by Crippen LogP contribution is -2.37. The van der Waals surface area contributed by atoms with Crippen LogP contribution in [0.4, 0.5) is 11.4 Å². The molecule has 5 aromatic rings. The summed E-state index contributed by atoms with van der Waals surface area (Å²) in [6.07, 6.45) is 13.8. The van der Waals surface area contributed by atoms with Gasteiger partial charge >= 0.3 is 0 Å². The molecule has 2 aromatic heterocycles. The van der Waals surface area contributed by atoms with Crippen molar-refractivity contribution in [2.75, 3.05) is 39.2 Å². The Labute approximate surface area is 333 Å². The van der Waals surface area contributed by atoms with Gasteiger partial charge in [0.1, 0.15) is 0 Å². The summed E-state index contributed by atoms with van der Waals surface area (Å²) >= 11 is 6.41. The van der Waals surface area contributed by atoms with Crippen LogP contribution in [0.2, 0.25) is 5.02 Å². The number of rotatable bonds is 15. The van der Waals surface area contributed by atoms with E-state index in [1.54, 1.807) is 32.4 Å². The second kappa shape index (κ2) is 16.6. The van der Waals surface area contributed by atoms with E-state index in [1.165, 1.54) is 34.5 Å². The number of methoxy groups -OCH3 is 2. The Balaban J connectivity index is 0.855. The number of unbranched alkanes of at least 4 members (excludes halogenated alkanes) is 3. The number of non-ortho nitro benzene ring substituents is 1. The Morgan fingerprint density at radius 3 is 2.68 bits per heavy atom. The average molecular weight is 776 g/mol. The van der Waals surface area contributed by atoms with Gasteiger partial charge in [0.2, 0.25) is 0 Å². The smallest absolute Gasteiger partial charge is 0.269 e. The zero-order valence-electron chi connectivity index (χ0n) is 32.5. The van der Waals surface area contributed by atoms with Crippen LogP contribution in [0.15, 0.2) is 72.4 Å². The molecule has 12 heteroatoms. The first-order valence-electron chi connectivity index (χ1n) is 19.9. The van der Waals surface area contributed by atoms with Gasteiger partial charge in [-0.2, -0.15) is 0 Å². The van der Waals surface area contributed by atoms with Gasteiger partial charge in [-0.1, -0.05) is 53.4 Å². The minimum Gasteiger partial charge on any atom is -0.493 e. The largest absolute Gasteiger partial charge is 0.493 e. The minimum absolute atomic E-state index is 0.102. The Hall–Kier alpha value is -5.00. The van der Waals surface area contributed by atoms with E-state index in [2.05, 4.69) is 51.9 Å². The second-order valence-corrected chi connectivity index (χ2v) is 16.1. The lowest BCUT2D eigenvalue weighted by molar-refractivity contribution is -0.384. The van der Waals surface area contributed by atoms with Gasteiger partial charge in [-0.25, -0.2) is 0 Å². The molecular formula is C44H50ClN7O4. The second-order valence-electron chi connectivity index (χ2n) is 15.6. The van der Waals surface area contributed by atoms with Gasteiger partial charge < -0.3 is 14.8 Å². The molecule has 0 saturated carbocycles. The van der Waals surface area contributed by atoms with Crippen molar-refractivity contribution >= 4 is 33.9 Å². The number of nitrogens with one attached hydrogen (secondary N) is 1. The number of anilines is 1. The van der Waals surface area contributed by atoms with E-state index < -0.39 is 0 Å². The van der Waals surface area contributed by atoms with Crippen LogP contribution in [0.25, 0.3) is 10.9 Å². The SMILES string of the molecule is COc1cc2c(cc1OC)C(c1cccc([N+](=O)[O-])c1)N(CCCCCCc1cn(CCNc3c4c(nc5cc(Cl)ccc35)CC3C=C(C)CC4C3)nn1)CC2. The topological polar surface area (TPSA) is 120 Å². The summed E-state index contributed by atoms with van der Waals surface area (Å²) < 4.78 is 13.2. The molecule has 0 spiro atoms. The molecule has 0 saturated heterocycles. The Morgan fingerprint density at radius 2 is 1.84 bits per heavy atom. The summed E-state index contributed by atoms with van der Waals surface area (Å²) in [6, 6.07) is 17.1. The number of aromatic nitrogens is 4. The molecule has 2 aliphatic carbocycles. The van der Waals surface area contributed by atoms with Gasteiger partial charge in [0.05, 0.1) is 42.9 Å². The third-order valence-corrected chi connectivity index (χ3v) is 12.1. The maximum absolute atomic E-state index is 11.7. The summed E-state index contributed by atoms with van der Waals surface area (Å²) in [6.45, 7) is 5.47. The number of hydrogen-bond donors (Lipinski definition) is 1. The number of fused-ring (bicyclic) bond motifs is 6. The fraction of sp³-hybridized carbons (Fsp3) is 0.432. The highest BCUT2D eigenvalue weighted by Crippen LogP contribution is 2.48. The normalized spacial score (nSPS) is 18.9. The molecule has 3 unspecified atom stereocenters. The molecule has 3 atom stereocenters. The predicted molar refractivity (Wildman–Crippen MR) is 220 cm³/mol. The molecule has 56 heavy (non-hydrogen) atoms. The number of nitro groups is 1. The third kappa shape index (κ3) is 7.97. The van der Waals surface area contributed by atoms with Gasteiger partial charge in [0.25, 0.3) is 5.69 Å². The first kappa shape index (κ1) is 37.9. The third-order valence-electron chi connectivity index (χ3n) is 11.8. The molecule has 2 bridgehead atoms. The summed E-state index contributed by atoms with van der Waals surface area (Å²) in [5.41, 5.74) is 10.6. The number of halogens is 1. The molecule has 1 N–H and O–H groups in total. The van der Waals surface area contributed by atoms with Crippen LogP contribution in [0.1, 0.15) is 91.1 Å². The van der Waals surface area contributed by atoms with Crippen LogP contribution in [-0.2, 0) is 25.8 Å². The number of nitrogens with zero attached hydrogens (tertiary/aromatic N) is 6. The molecule has 3 heterocycles. The number of aryl methyl sites for hydroxylation is 1. The summed E-state index contributed by atoms with van der Waals surface area (Å²) in [5.74, 6) is 2.42. The van der Waals surface area contributed by atoms with E-state index in [0.29, 0.717) is 28.4 Å². The van der Waals surface area contributed by atoms with Crippen LogP contribution < -0.4 is 14.8 Å². The zero-order chi connectivity index (χ0) is 38.8. The van der Waals surface area contributed by atoms with E-state index in [4.69, 9.17) is 26.1 Å². The zero-order valence-corrected chi connectivity index (χ0v) is 33.2. The Bertz CT molecular complexity index is 2270. The van der Waals surface area contributed by atoms with Crippen LogP contribution in [0, 0.1) is 16.0 Å². The number of nitro benzene ring substituents is 1. The quantitative estimate of drug-likeness (QED) is 0.0480. The van der Waals surface area contributed by atoms with E-state index in [0.717, 1.165) is 105 Å². The molecule has 8 rings (SSSR count). The maximum atomic E-state index is 11.7. The van der Waals surface area contributed by atoms with E-state index in [9.17, 15) is 10.1 Å². The van der Waals surface area contributed by atoms with Crippen molar-refractivity contribution in [1.29, 1.82) is 0 Å². The van der Waals surface area contributed by atoms with Crippen LogP contribution in [0.3, 0.4) is 0 Å². The van der Waals surface area contributed by atoms with Crippen molar-refractivity contribution in [2.24, 2.45) is 5.92 Å². The van der Waals surface area contributed by atoms with Crippen molar-refractivity contribution in [1.82, 2.24) is 24.9 Å². The van der Waals surface area contributed by atoms with Gasteiger partial charge in [0.15, 0.2) is 11.5 Å². The maximum Gasteiger partial charge on any atom is 0.269 e. The molecular weight excluding hydrogens is 726 g/mol. The van der Waals surface area contributed by atoms with Gasteiger partial charge in [-0.15, -0.1) is 5.10 Å². The molecule has 11 nitrogen and oxygen atoms in total. The Morgan fingerprint density at radius 1 is 1.00 bits per heavy atom. The summed E-state index contributed by atoms with van der Waals surface area (Å²) in [5, 5.41) is 26.3. The minimum atomic E-state index is -0.322. The molecule has 3 aliphatic rings. The molecule has 1 aliphatic heterocycles. The fourth-order valence-corrected chi connectivity index (χ4v) is 9.51. The fourth-order valence-electron chi connectivity index (χ4n) is 9.35. The van der Waals surface area contributed by atoms with Gasteiger partial charge in [0, 0.05) is 58.8 Å². The van der Waals surface area contributed by atoms with Gasteiger partial charge in [-0.05, 0) is 117 Å². The highest BCUT2D eigenvalue weighted by molar-refractivity contribution is 6.31. The molecule has 0 fully saturated rings. The summed E-state index contributed by atoms with van der Waals surface area (Å²) in [7, 11) is 3.29. The molecule has 0 radical (unpaired) electrons. The number of pyridine rings is 1. The predicted octanol–water partition coefficient (Wildman–Crippen LogP) is 9.26.